The van der Waals surface area contributed by atoms with Crippen LogP contribution in [0.1, 0.15) is 30.4 Å². The first-order valence-electron chi connectivity index (χ1n) is 6.43. The molecule has 0 aromatic heterocycles. The van der Waals surface area contributed by atoms with Gasteiger partial charge in [0.05, 0.1) is 6.07 Å². The maximum atomic E-state index is 8.68. The molecule has 2 nitrogen and oxygen atoms in total. The first-order chi connectivity index (χ1) is 8.28. The van der Waals surface area contributed by atoms with Gasteiger partial charge in [-0.1, -0.05) is 29.8 Å². The number of nitrogens with zero attached hydrogens (tertiary/aromatic N) is 2. The molecule has 0 radical (unpaired) electrons. The number of aryl methyl sites for hydroxylation is 1. The summed E-state index contributed by atoms with van der Waals surface area (Å²) in [5.41, 5.74) is 2.72. The minimum atomic E-state index is 0.634. The first kappa shape index (κ1) is 12.1. The molecule has 1 aromatic carbocycles. The Kier molecular flexibility index (Phi) is 4.17. The Balaban J connectivity index is 1.82. The molecular formula is C15H20N2. The number of piperidine rings is 1. The Labute approximate surface area is 104 Å². The van der Waals surface area contributed by atoms with E-state index in [0.29, 0.717) is 5.92 Å². The van der Waals surface area contributed by atoms with Crippen molar-refractivity contribution in [3.05, 3.63) is 35.4 Å². The minimum Gasteiger partial charge on any atom is -0.299 e. The van der Waals surface area contributed by atoms with E-state index in [4.69, 9.17) is 5.26 Å². The lowest BCUT2D eigenvalue weighted by Gasteiger charge is -2.30. The summed E-state index contributed by atoms with van der Waals surface area (Å²) in [5.74, 6) is 0.634. The van der Waals surface area contributed by atoms with Gasteiger partial charge in [-0.05, 0) is 44.3 Å². The summed E-state index contributed by atoms with van der Waals surface area (Å²) in [6.45, 7) is 5.46. The van der Waals surface area contributed by atoms with Crippen LogP contribution in [0.5, 0.6) is 0 Å². The van der Waals surface area contributed by atoms with E-state index in [2.05, 4.69) is 42.2 Å². The van der Waals surface area contributed by atoms with Crippen LogP contribution >= 0.6 is 0 Å². The number of benzene rings is 1. The van der Waals surface area contributed by atoms with Gasteiger partial charge in [0.15, 0.2) is 0 Å². The molecule has 0 bridgehead atoms. The SMILES string of the molecule is Cc1ccc(CN2CCC(CC#N)CC2)cc1. The topological polar surface area (TPSA) is 27.0 Å². The fraction of sp³-hybridized carbons (Fsp3) is 0.533. The van der Waals surface area contributed by atoms with E-state index < -0.39 is 0 Å². The Morgan fingerprint density at radius 2 is 1.88 bits per heavy atom. The fourth-order valence-electron chi connectivity index (χ4n) is 2.43. The van der Waals surface area contributed by atoms with Crippen molar-refractivity contribution in [3.63, 3.8) is 0 Å². The van der Waals surface area contributed by atoms with Crippen LogP contribution in [0.15, 0.2) is 24.3 Å². The zero-order valence-electron chi connectivity index (χ0n) is 10.5. The van der Waals surface area contributed by atoms with Crippen LogP contribution in [0.4, 0.5) is 0 Å². The number of hydrogen-bond acceptors (Lipinski definition) is 2. The monoisotopic (exact) mass is 228 g/mol. The highest BCUT2D eigenvalue weighted by atomic mass is 15.1. The lowest BCUT2D eigenvalue weighted by Crippen LogP contribution is -2.33. The highest BCUT2D eigenvalue weighted by Crippen LogP contribution is 2.21. The van der Waals surface area contributed by atoms with Crippen LogP contribution in [0.3, 0.4) is 0 Å². The summed E-state index contributed by atoms with van der Waals surface area (Å²) in [6.07, 6.45) is 3.09. The van der Waals surface area contributed by atoms with Gasteiger partial charge in [-0.15, -0.1) is 0 Å². The predicted octanol–water partition coefficient (Wildman–Crippen LogP) is 3.12. The van der Waals surface area contributed by atoms with Gasteiger partial charge in [0.25, 0.3) is 0 Å². The lowest BCUT2D eigenvalue weighted by atomic mass is 9.94. The van der Waals surface area contributed by atoms with Gasteiger partial charge in [-0.2, -0.15) is 5.26 Å². The van der Waals surface area contributed by atoms with E-state index in [1.54, 1.807) is 0 Å². The highest BCUT2D eigenvalue weighted by Gasteiger charge is 2.18. The van der Waals surface area contributed by atoms with E-state index in [0.717, 1.165) is 26.1 Å². The Hall–Kier alpha value is -1.33. The van der Waals surface area contributed by atoms with E-state index in [1.165, 1.54) is 24.0 Å². The molecule has 0 atom stereocenters. The molecule has 1 aliphatic rings. The molecule has 1 saturated heterocycles. The lowest BCUT2D eigenvalue weighted by molar-refractivity contribution is 0.179. The van der Waals surface area contributed by atoms with Crippen LogP contribution in [-0.4, -0.2) is 18.0 Å². The van der Waals surface area contributed by atoms with Gasteiger partial charge in [-0.3, -0.25) is 4.90 Å². The maximum Gasteiger partial charge on any atom is 0.0624 e. The summed E-state index contributed by atoms with van der Waals surface area (Å²) in [6, 6.07) is 11.1. The molecule has 0 unspecified atom stereocenters. The van der Waals surface area contributed by atoms with Crippen molar-refractivity contribution in [2.45, 2.75) is 32.7 Å². The number of nitriles is 1. The number of rotatable bonds is 3. The zero-order valence-corrected chi connectivity index (χ0v) is 10.5. The molecule has 0 aliphatic carbocycles. The van der Waals surface area contributed by atoms with Crippen molar-refractivity contribution in [1.82, 2.24) is 4.90 Å². The van der Waals surface area contributed by atoms with Crippen molar-refractivity contribution in [3.8, 4) is 6.07 Å². The molecule has 0 spiro atoms. The third kappa shape index (κ3) is 3.57. The molecule has 1 heterocycles. The number of hydrogen-bond donors (Lipinski definition) is 0. The molecule has 0 amide bonds. The van der Waals surface area contributed by atoms with Crippen LogP contribution in [0.25, 0.3) is 0 Å². The van der Waals surface area contributed by atoms with Crippen LogP contribution in [-0.2, 0) is 6.54 Å². The van der Waals surface area contributed by atoms with Crippen LogP contribution < -0.4 is 0 Å². The predicted molar refractivity (Wildman–Crippen MR) is 69.4 cm³/mol. The third-order valence-electron chi connectivity index (χ3n) is 3.61. The molecular weight excluding hydrogens is 208 g/mol. The van der Waals surface area contributed by atoms with Gasteiger partial charge >= 0.3 is 0 Å². The van der Waals surface area contributed by atoms with Gasteiger partial charge in [0.2, 0.25) is 0 Å². The molecule has 1 fully saturated rings. The Bertz CT molecular complexity index is 380. The molecule has 2 heteroatoms. The van der Waals surface area contributed by atoms with Gasteiger partial charge < -0.3 is 0 Å². The van der Waals surface area contributed by atoms with Crippen molar-refractivity contribution in [2.24, 2.45) is 5.92 Å². The van der Waals surface area contributed by atoms with Crippen molar-refractivity contribution < 1.29 is 0 Å². The van der Waals surface area contributed by atoms with Crippen molar-refractivity contribution in [1.29, 1.82) is 5.26 Å². The van der Waals surface area contributed by atoms with E-state index in [9.17, 15) is 0 Å². The summed E-state index contributed by atoms with van der Waals surface area (Å²) in [7, 11) is 0. The molecule has 1 aromatic rings. The van der Waals surface area contributed by atoms with Gasteiger partial charge in [0.1, 0.15) is 0 Å². The highest BCUT2D eigenvalue weighted by molar-refractivity contribution is 5.21. The quantitative estimate of drug-likeness (QED) is 0.794. The second-order valence-electron chi connectivity index (χ2n) is 5.07. The largest absolute Gasteiger partial charge is 0.299 e. The Morgan fingerprint density at radius 3 is 2.47 bits per heavy atom. The van der Waals surface area contributed by atoms with Crippen molar-refractivity contribution >= 4 is 0 Å². The first-order valence-corrected chi connectivity index (χ1v) is 6.43. The maximum absolute atomic E-state index is 8.68. The standard InChI is InChI=1S/C15H20N2/c1-13-2-4-15(5-3-13)12-17-10-7-14(6-9-16)8-11-17/h2-5,14H,6-8,10-12H2,1H3. The molecule has 2 rings (SSSR count). The number of likely N-dealkylation sites (tertiary alicyclic amines) is 1. The molecule has 90 valence electrons. The molecule has 17 heavy (non-hydrogen) atoms. The summed E-state index contributed by atoms with van der Waals surface area (Å²) >= 11 is 0. The molecule has 0 saturated carbocycles. The average molecular weight is 228 g/mol. The third-order valence-corrected chi connectivity index (χ3v) is 3.61. The van der Waals surface area contributed by atoms with Crippen molar-refractivity contribution in [2.75, 3.05) is 13.1 Å². The Morgan fingerprint density at radius 1 is 1.24 bits per heavy atom. The summed E-state index contributed by atoms with van der Waals surface area (Å²) in [4.78, 5) is 2.50. The second kappa shape index (κ2) is 5.84. The van der Waals surface area contributed by atoms with E-state index >= 15 is 0 Å². The fourth-order valence-corrected chi connectivity index (χ4v) is 2.43. The van der Waals surface area contributed by atoms with E-state index in [-0.39, 0.29) is 0 Å². The average Bonchev–Trinajstić information content (AvgIpc) is 2.35. The summed E-state index contributed by atoms with van der Waals surface area (Å²) in [5, 5.41) is 8.68. The van der Waals surface area contributed by atoms with E-state index in [1.807, 2.05) is 0 Å². The zero-order chi connectivity index (χ0) is 12.1. The van der Waals surface area contributed by atoms with Gasteiger partial charge in [-0.25, -0.2) is 0 Å². The van der Waals surface area contributed by atoms with Crippen LogP contribution in [0, 0.1) is 24.2 Å². The molecule has 1 aliphatic heterocycles. The summed E-state index contributed by atoms with van der Waals surface area (Å²) < 4.78 is 0. The van der Waals surface area contributed by atoms with Crippen LogP contribution in [0.2, 0.25) is 0 Å². The smallest absolute Gasteiger partial charge is 0.0624 e. The normalized spacial score (nSPS) is 17.9. The molecule has 0 N–H and O–H groups in total. The van der Waals surface area contributed by atoms with Gasteiger partial charge in [0, 0.05) is 13.0 Å². The minimum absolute atomic E-state index is 0.634. The second-order valence-corrected chi connectivity index (χ2v) is 5.07.